The third-order valence-electron chi connectivity index (χ3n) is 1.17. The Kier molecular flexibility index (Phi) is 4.88. The third kappa shape index (κ3) is 3.42. The molecule has 0 aromatic carbocycles. The minimum absolute atomic E-state index is 0.148. The average Bonchev–Trinajstić information content (AvgIpc) is 1.89. The topological polar surface area (TPSA) is 75.3 Å². The van der Waals surface area contributed by atoms with Gasteiger partial charge in [0.25, 0.3) is 0 Å². The standard InChI is InChI=1S/C6H14N2O2/c1-2-3-8-5(4-7)6(9)10/h5,8H,2-4,7H2,1H3,(H,9,10). The van der Waals surface area contributed by atoms with Gasteiger partial charge in [-0.15, -0.1) is 0 Å². The molecule has 60 valence electrons. The van der Waals surface area contributed by atoms with Gasteiger partial charge in [-0.3, -0.25) is 4.79 Å². The lowest BCUT2D eigenvalue weighted by Gasteiger charge is -2.09. The summed E-state index contributed by atoms with van der Waals surface area (Å²) in [5.41, 5.74) is 5.17. The molecule has 0 aromatic rings. The summed E-state index contributed by atoms with van der Waals surface area (Å²) in [5, 5.41) is 11.3. The summed E-state index contributed by atoms with van der Waals surface area (Å²) in [4.78, 5) is 10.3. The monoisotopic (exact) mass is 146 g/mol. The molecule has 0 bridgehead atoms. The minimum atomic E-state index is -0.879. The first-order valence-corrected chi connectivity index (χ1v) is 3.38. The van der Waals surface area contributed by atoms with Gasteiger partial charge >= 0.3 is 5.97 Å². The molecule has 0 fully saturated rings. The highest BCUT2D eigenvalue weighted by molar-refractivity contribution is 5.73. The molecule has 0 aromatic heterocycles. The molecule has 1 atom stereocenters. The fourth-order valence-electron chi connectivity index (χ4n) is 0.590. The number of carbonyl (C=O) groups is 1. The van der Waals surface area contributed by atoms with Crippen molar-refractivity contribution < 1.29 is 9.90 Å². The molecule has 0 saturated carbocycles. The highest BCUT2D eigenvalue weighted by atomic mass is 16.4. The van der Waals surface area contributed by atoms with Crippen molar-refractivity contribution in [2.75, 3.05) is 13.1 Å². The maximum Gasteiger partial charge on any atom is 0.322 e. The van der Waals surface area contributed by atoms with Crippen molar-refractivity contribution in [3.63, 3.8) is 0 Å². The lowest BCUT2D eigenvalue weighted by molar-refractivity contribution is -0.139. The Bertz CT molecular complexity index is 106. The molecule has 0 aliphatic heterocycles. The molecule has 0 rings (SSSR count). The highest BCUT2D eigenvalue weighted by Crippen LogP contribution is 1.80. The smallest absolute Gasteiger partial charge is 0.322 e. The van der Waals surface area contributed by atoms with E-state index in [1.165, 1.54) is 0 Å². The quantitative estimate of drug-likeness (QED) is 0.484. The van der Waals surface area contributed by atoms with Gasteiger partial charge in [0.1, 0.15) is 6.04 Å². The first kappa shape index (κ1) is 9.39. The number of carboxylic acid groups (broad SMARTS) is 1. The van der Waals surface area contributed by atoms with Crippen LogP contribution in [0.25, 0.3) is 0 Å². The third-order valence-corrected chi connectivity index (χ3v) is 1.17. The Morgan fingerprint density at radius 1 is 1.80 bits per heavy atom. The van der Waals surface area contributed by atoms with Gasteiger partial charge in [-0.25, -0.2) is 0 Å². The lowest BCUT2D eigenvalue weighted by atomic mass is 10.3. The van der Waals surface area contributed by atoms with Crippen LogP contribution in [0.15, 0.2) is 0 Å². The molecule has 0 aliphatic carbocycles. The lowest BCUT2D eigenvalue weighted by Crippen LogP contribution is -2.42. The Morgan fingerprint density at radius 3 is 2.70 bits per heavy atom. The molecule has 4 nitrogen and oxygen atoms in total. The molecule has 0 aliphatic rings. The summed E-state index contributed by atoms with van der Waals surface area (Å²) in [6, 6.07) is -0.583. The van der Waals surface area contributed by atoms with E-state index in [2.05, 4.69) is 5.32 Å². The molecule has 0 spiro atoms. The van der Waals surface area contributed by atoms with Crippen molar-refractivity contribution in [1.29, 1.82) is 0 Å². The molecule has 10 heavy (non-hydrogen) atoms. The average molecular weight is 146 g/mol. The molecule has 0 heterocycles. The Labute approximate surface area is 60.4 Å². The van der Waals surface area contributed by atoms with E-state index in [1.54, 1.807) is 0 Å². The summed E-state index contributed by atoms with van der Waals surface area (Å²) < 4.78 is 0. The van der Waals surface area contributed by atoms with Gasteiger partial charge in [0.15, 0.2) is 0 Å². The van der Waals surface area contributed by atoms with E-state index < -0.39 is 12.0 Å². The molecular weight excluding hydrogens is 132 g/mol. The van der Waals surface area contributed by atoms with Crippen molar-refractivity contribution in [3.05, 3.63) is 0 Å². The van der Waals surface area contributed by atoms with Gasteiger partial charge in [-0.05, 0) is 13.0 Å². The van der Waals surface area contributed by atoms with Gasteiger partial charge in [0, 0.05) is 6.54 Å². The zero-order valence-corrected chi connectivity index (χ0v) is 6.13. The van der Waals surface area contributed by atoms with Crippen LogP contribution in [0.3, 0.4) is 0 Å². The number of hydrogen-bond donors (Lipinski definition) is 3. The van der Waals surface area contributed by atoms with Crippen LogP contribution < -0.4 is 11.1 Å². The van der Waals surface area contributed by atoms with E-state index in [0.717, 1.165) is 6.42 Å². The Hall–Kier alpha value is -0.610. The number of hydrogen-bond acceptors (Lipinski definition) is 3. The predicted octanol–water partition coefficient (Wildman–Crippen LogP) is -0.602. The van der Waals surface area contributed by atoms with Crippen LogP contribution in [0.5, 0.6) is 0 Å². The maximum absolute atomic E-state index is 10.3. The highest BCUT2D eigenvalue weighted by Gasteiger charge is 2.12. The van der Waals surface area contributed by atoms with E-state index in [-0.39, 0.29) is 6.54 Å². The van der Waals surface area contributed by atoms with Crippen LogP contribution in [0.1, 0.15) is 13.3 Å². The second-order valence-electron chi connectivity index (χ2n) is 2.08. The van der Waals surface area contributed by atoms with Crippen molar-refractivity contribution in [1.82, 2.24) is 5.32 Å². The second kappa shape index (κ2) is 5.20. The number of nitrogens with two attached hydrogens (primary N) is 1. The van der Waals surface area contributed by atoms with Gasteiger partial charge in [-0.1, -0.05) is 6.92 Å². The number of carboxylic acids is 1. The first-order valence-electron chi connectivity index (χ1n) is 3.38. The minimum Gasteiger partial charge on any atom is -0.480 e. The van der Waals surface area contributed by atoms with Crippen molar-refractivity contribution in [2.45, 2.75) is 19.4 Å². The second-order valence-corrected chi connectivity index (χ2v) is 2.08. The fraction of sp³-hybridized carbons (Fsp3) is 0.833. The molecule has 0 radical (unpaired) electrons. The van der Waals surface area contributed by atoms with Crippen LogP contribution in [0, 0.1) is 0 Å². The van der Waals surface area contributed by atoms with Crippen molar-refractivity contribution in [3.8, 4) is 0 Å². The summed E-state index contributed by atoms with van der Waals surface area (Å²) in [5.74, 6) is -0.879. The Balaban J connectivity index is 3.50. The summed E-state index contributed by atoms with van der Waals surface area (Å²) in [6.07, 6.45) is 0.920. The fourth-order valence-corrected chi connectivity index (χ4v) is 0.590. The number of nitrogens with one attached hydrogen (secondary N) is 1. The van der Waals surface area contributed by atoms with Crippen LogP contribution >= 0.6 is 0 Å². The van der Waals surface area contributed by atoms with Gasteiger partial charge in [0.05, 0.1) is 0 Å². The zero-order valence-electron chi connectivity index (χ0n) is 6.13. The molecular formula is C6H14N2O2. The maximum atomic E-state index is 10.3. The molecule has 1 unspecified atom stereocenters. The van der Waals surface area contributed by atoms with Gasteiger partial charge in [0.2, 0.25) is 0 Å². The van der Waals surface area contributed by atoms with Gasteiger partial charge in [-0.2, -0.15) is 0 Å². The van der Waals surface area contributed by atoms with E-state index in [1.807, 2.05) is 6.92 Å². The van der Waals surface area contributed by atoms with E-state index >= 15 is 0 Å². The Morgan fingerprint density at radius 2 is 2.40 bits per heavy atom. The van der Waals surface area contributed by atoms with Crippen LogP contribution in [-0.2, 0) is 4.79 Å². The van der Waals surface area contributed by atoms with Crippen molar-refractivity contribution >= 4 is 5.97 Å². The van der Waals surface area contributed by atoms with Crippen LogP contribution in [0.2, 0.25) is 0 Å². The summed E-state index contributed by atoms with van der Waals surface area (Å²) >= 11 is 0. The van der Waals surface area contributed by atoms with E-state index in [4.69, 9.17) is 10.8 Å². The molecule has 4 N–H and O–H groups in total. The van der Waals surface area contributed by atoms with E-state index in [0.29, 0.717) is 6.54 Å². The zero-order chi connectivity index (χ0) is 7.98. The summed E-state index contributed by atoms with van der Waals surface area (Å²) in [7, 11) is 0. The first-order chi connectivity index (χ1) is 4.72. The number of aliphatic carboxylic acids is 1. The molecule has 0 saturated heterocycles. The van der Waals surface area contributed by atoms with Gasteiger partial charge < -0.3 is 16.2 Å². The number of rotatable bonds is 5. The van der Waals surface area contributed by atoms with E-state index in [9.17, 15) is 4.79 Å². The predicted molar refractivity (Wildman–Crippen MR) is 38.8 cm³/mol. The van der Waals surface area contributed by atoms with Crippen LogP contribution in [0.4, 0.5) is 0 Å². The largest absolute Gasteiger partial charge is 0.480 e. The SMILES string of the molecule is CCCNC(CN)C(=O)O. The molecule has 4 heteroatoms. The van der Waals surface area contributed by atoms with Crippen molar-refractivity contribution in [2.24, 2.45) is 5.73 Å². The molecule has 0 amide bonds. The van der Waals surface area contributed by atoms with Crippen LogP contribution in [-0.4, -0.2) is 30.2 Å². The normalized spacial score (nSPS) is 13.0. The summed E-state index contributed by atoms with van der Waals surface area (Å²) in [6.45, 7) is 2.83.